The summed E-state index contributed by atoms with van der Waals surface area (Å²) in [6.07, 6.45) is 1.09. The van der Waals surface area contributed by atoms with E-state index in [-0.39, 0.29) is 5.91 Å². The van der Waals surface area contributed by atoms with Crippen molar-refractivity contribution in [2.24, 2.45) is 0 Å². The minimum Gasteiger partial charge on any atom is -0.384 e. The summed E-state index contributed by atoms with van der Waals surface area (Å²) in [7, 11) is 0. The fraction of sp³-hybridized carbons (Fsp3) is 0.333. The lowest BCUT2D eigenvalue weighted by Crippen LogP contribution is -2.21. The lowest BCUT2D eigenvalue weighted by molar-refractivity contribution is 0.102. The minimum atomic E-state index is -0.0861. The maximum atomic E-state index is 13.2. The molecular formula is C24H28N4O. The summed E-state index contributed by atoms with van der Waals surface area (Å²) in [6, 6.07) is 14.4. The zero-order valence-corrected chi connectivity index (χ0v) is 17.5. The van der Waals surface area contributed by atoms with Crippen LogP contribution in [0, 0.1) is 20.8 Å². The second-order valence-electron chi connectivity index (χ2n) is 8.04. The molecular weight excluding hydrogens is 360 g/mol. The number of nitrogens with one attached hydrogen (secondary N) is 2. The predicted octanol–water partition coefficient (Wildman–Crippen LogP) is 5.03. The highest BCUT2D eigenvalue weighted by molar-refractivity contribution is 6.09. The first-order valence-corrected chi connectivity index (χ1v) is 10.2. The summed E-state index contributed by atoms with van der Waals surface area (Å²) in [4.78, 5) is 13.2. The number of carbonyl (C=O) groups excluding carboxylic acids is 1. The highest BCUT2D eigenvalue weighted by Crippen LogP contribution is 2.35. The largest absolute Gasteiger partial charge is 0.384 e. The third-order valence-corrected chi connectivity index (χ3v) is 5.76. The Morgan fingerprint density at radius 2 is 1.97 bits per heavy atom. The summed E-state index contributed by atoms with van der Waals surface area (Å²) >= 11 is 0. The van der Waals surface area contributed by atoms with Gasteiger partial charge in [-0.3, -0.25) is 9.48 Å². The molecule has 2 aromatic carbocycles. The standard InChI is InChI=1S/C24H28N4O/c1-15-12-20-16(2)10-11-25-23(20)21(13-15)24(29)26-22-17(3)27-28(18(22)4)14-19-8-6-5-7-9-19/h5-9,12-13,16,25H,10-11,14H2,1-4H3,(H,26,29). The van der Waals surface area contributed by atoms with E-state index in [0.717, 1.165) is 41.3 Å². The van der Waals surface area contributed by atoms with Crippen LogP contribution in [0.1, 0.15) is 57.7 Å². The topological polar surface area (TPSA) is 59.0 Å². The van der Waals surface area contributed by atoms with Gasteiger partial charge in [0, 0.05) is 6.54 Å². The highest BCUT2D eigenvalue weighted by atomic mass is 16.1. The first-order valence-electron chi connectivity index (χ1n) is 10.2. The molecule has 1 amide bonds. The van der Waals surface area contributed by atoms with Gasteiger partial charge in [-0.15, -0.1) is 0 Å². The third kappa shape index (κ3) is 3.77. The van der Waals surface area contributed by atoms with Gasteiger partial charge in [-0.1, -0.05) is 43.3 Å². The van der Waals surface area contributed by atoms with E-state index in [9.17, 15) is 4.79 Å². The molecule has 1 aliphatic heterocycles. The maximum absolute atomic E-state index is 13.2. The zero-order chi connectivity index (χ0) is 20.5. The molecule has 29 heavy (non-hydrogen) atoms. The molecule has 1 aromatic heterocycles. The van der Waals surface area contributed by atoms with E-state index in [1.54, 1.807) is 0 Å². The SMILES string of the molecule is Cc1cc(C(=O)Nc2c(C)nn(Cc3ccccc3)c2C)c2c(c1)C(C)CCN2. The average molecular weight is 389 g/mol. The van der Waals surface area contributed by atoms with Crippen molar-refractivity contribution in [3.05, 3.63) is 76.1 Å². The zero-order valence-electron chi connectivity index (χ0n) is 17.5. The number of aryl methyl sites for hydroxylation is 2. The third-order valence-electron chi connectivity index (χ3n) is 5.76. The molecule has 2 heterocycles. The van der Waals surface area contributed by atoms with E-state index in [2.05, 4.69) is 40.9 Å². The van der Waals surface area contributed by atoms with Crippen LogP contribution in [0.2, 0.25) is 0 Å². The number of rotatable bonds is 4. The number of amides is 1. The lowest BCUT2D eigenvalue weighted by Gasteiger charge is -2.26. The van der Waals surface area contributed by atoms with Crippen molar-refractivity contribution in [1.29, 1.82) is 0 Å². The fourth-order valence-electron chi connectivity index (χ4n) is 4.12. The van der Waals surface area contributed by atoms with Gasteiger partial charge in [0.1, 0.15) is 0 Å². The van der Waals surface area contributed by atoms with Crippen LogP contribution in [0.3, 0.4) is 0 Å². The molecule has 0 fully saturated rings. The number of hydrogen-bond donors (Lipinski definition) is 2. The van der Waals surface area contributed by atoms with Crippen molar-refractivity contribution in [3.63, 3.8) is 0 Å². The summed E-state index contributed by atoms with van der Waals surface area (Å²) in [6.45, 7) is 9.79. The summed E-state index contributed by atoms with van der Waals surface area (Å²) in [5.41, 5.74) is 7.79. The second kappa shape index (κ2) is 7.74. The maximum Gasteiger partial charge on any atom is 0.257 e. The Balaban J connectivity index is 1.63. The van der Waals surface area contributed by atoms with E-state index in [0.29, 0.717) is 18.0 Å². The van der Waals surface area contributed by atoms with Crippen LogP contribution in [0.4, 0.5) is 11.4 Å². The van der Waals surface area contributed by atoms with Crippen LogP contribution in [0.5, 0.6) is 0 Å². The van der Waals surface area contributed by atoms with Crippen molar-refractivity contribution in [1.82, 2.24) is 9.78 Å². The second-order valence-corrected chi connectivity index (χ2v) is 8.04. The highest BCUT2D eigenvalue weighted by Gasteiger charge is 2.24. The molecule has 1 aliphatic rings. The van der Waals surface area contributed by atoms with Gasteiger partial charge in [-0.2, -0.15) is 5.10 Å². The minimum absolute atomic E-state index is 0.0861. The number of fused-ring (bicyclic) bond motifs is 1. The Hall–Kier alpha value is -3.08. The monoisotopic (exact) mass is 388 g/mol. The van der Waals surface area contributed by atoms with E-state index in [4.69, 9.17) is 0 Å². The lowest BCUT2D eigenvalue weighted by atomic mass is 9.89. The summed E-state index contributed by atoms with van der Waals surface area (Å²) in [5, 5.41) is 11.2. The van der Waals surface area contributed by atoms with Gasteiger partial charge >= 0.3 is 0 Å². The molecule has 150 valence electrons. The number of carbonyl (C=O) groups is 1. The molecule has 0 saturated carbocycles. The van der Waals surface area contributed by atoms with Crippen LogP contribution in [0.25, 0.3) is 0 Å². The van der Waals surface area contributed by atoms with E-state index < -0.39 is 0 Å². The normalized spacial score (nSPS) is 15.5. The number of benzene rings is 2. The van der Waals surface area contributed by atoms with Crippen molar-refractivity contribution in [3.8, 4) is 0 Å². The molecule has 0 radical (unpaired) electrons. The van der Waals surface area contributed by atoms with Crippen LogP contribution in [-0.4, -0.2) is 22.2 Å². The van der Waals surface area contributed by atoms with E-state index in [1.807, 2.05) is 49.7 Å². The van der Waals surface area contributed by atoms with Gasteiger partial charge < -0.3 is 10.6 Å². The molecule has 0 aliphatic carbocycles. The summed E-state index contributed by atoms with van der Waals surface area (Å²) < 4.78 is 1.95. The van der Waals surface area contributed by atoms with Crippen LogP contribution < -0.4 is 10.6 Å². The Kier molecular flexibility index (Phi) is 5.14. The molecule has 4 rings (SSSR count). The molecule has 2 N–H and O–H groups in total. The van der Waals surface area contributed by atoms with Gasteiger partial charge in [0.2, 0.25) is 0 Å². The predicted molar refractivity (Wildman–Crippen MR) is 118 cm³/mol. The Morgan fingerprint density at radius 1 is 1.21 bits per heavy atom. The number of nitrogens with zero attached hydrogens (tertiary/aromatic N) is 2. The molecule has 1 unspecified atom stereocenters. The van der Waals surface area contributed by atoms with Gasteiger partial charge in [0.15, 0.2) is 0 Å². The van der Waals surface area contributed by atoms with Crippen molar-refractivity contribution in [2.75, 3.05) is 17.2 Å². The quantitative estimate of drug-likeness (QED) is 0.659. The Labute approximate surface area is 172 Å². The summed E-state index contributed by atoms with van der Waals surface area (Å²) in [5.74, 6) is 0.367. The number of anilines is 2. The van der Waals surface area contributed by atoms with Crippen molar-refractivity contribution < 1.29 is 4.79 Å². The van der Waals surface area contributed by atoms with Gasteiger partial charge in [-0.05, 0) is 55.9 Å². The fourth-order valence-corrected chi connectivity index (χ4v) is 4.12. The molecule has 5 nitrogen and oxygen atoms in total. The van der Waals surface area contributed by atoms with E-state index in [1.165, 1.54) is 11.1 Å². The Morgan fingerprint density at radius 3 is 2.72 bits per heavy atom. The van der Waals surface area contributed by atoms with Gasteiger partial charge in [0.25, 0.3) is 5.91 Å². The van der Waals surface area contributed by atoms with E-state index >= 15 is 0 Å². The van der Waals surface area contributed by atoms with Crippen LogP contribution >= 0.6 is 0 Å². The first kappa shape index (κ1) is 19.2. The van der Waals surface area contributed by atoms with Crippen LogP contribution in [0.15, 0.2) is 42.5 Å². The average Bonchev–Trinajstić information content (AvgIpc) is 2.96. The van der Waals surface area contributed by atoms with Crippen molar-refractivity contribution >= 4 is 17.3 Å². The molecule has 0 bridgehead atoms. The molecule has 1 atom stereocenters. The molecule has 5 heteroatoms. The van der Waals surface area contributed by atoms with Crippen LogP contribution in [-0.2, 0) is 6.54 Å². The van der Waals surface area contributed by atoms with Crippen molar-refractivity contribution in [2.45, 2.75) is 46.6 Å². The first-order chi connectivity index (χ1) is 13.9. The van der Waals surface area contributed by atoms with Gasteiger partial charge in [0.05, 0.1) is 34.9 Å². The Bertz CT molecular complexity index is 1050. The number of aromatic nitrogens is 2. The molecule has 0 spiro atoms. The molecule has 3 aromatic rings. The molecule has 0 saturated heterocycles. The van der Waals surface area contributed by atoms with Gasteiger partial charge in [-0.25, -0.2) is 0 Å². The smallest absolute Gasteiger partial charge is 0.257 e. The number of hydrogen-bond acceptors (Lipinski definition) is 3.